The maximum Gasteiger partial charge on any atom is 0.330 e. The molecule has 37 heteroatoms. The maximum absolute atomic E-state index is 16.1. The van der Waals surface area contributed by atoms with Crippen LogP contribution in [0.15, 0.2) is 84.0 Å². The van der Waals surface area contributed by atoms with E-state index in [0.29, 0.717) is 0 Å². The van der Waals surface area contributed by atoms with Crippen LogP contribution in [0.5, 0.6) is 46.0 Å². The first-order valence-corrected chi connectivity index (χ1v) is 32.8. The number of phenols is 3. The van der Waals surface area contributed by atoms with Crippen LogP contribution < -0.4 is 62.9 Å². The summed E-state index contributed by atoms with van der Waals surface area (Å²) < 4.78 is 38.6. The van der Waals surface area contributed by atoms with Crippen LogP contribution in [0.1, 0.15) is 105 Å². The van der Waals surface area contributed by atoms with Crippen molar-refractivity contribution in [3.8, 4) is 57.1 Å². The first kappa shape index (κ1) is 75.8. The number of ether oxygens (including phenoxy) is 6. The third-order valence-electron chi connectivity index (χ3n) is 17.9. The molecule has 18 atom stereocenters. The molecule has 7 amide bonds. The van der Waals surface area contributed by atoms with Crippen molar-refractivity contribution in [1.29, 1.82) is 0 Å². The van der Waals surface area contributed by atoms with Gasteiger partial charge in [-0.25, -0.2) is 4.79 Å². The summed E-state index contributed by atoms with van der Waals surface area (Å²) in [5.41, 5.74) is 17.4. The van der Waals surface area contributed by atoms with Crippen molar-refractivity contribution in [2.75, 3.05) is 13.6 Å². The third-order valence-corrected chi connectivity index (χ3v) is 18.5. The van der Waals surface area contributed by atoms with Crippen LogP contribution in [0.25, 0.3) is 21.6 Å². The summed E-state index contributed by atoms with van der Waals surface area (Å²) in [6.07, 6.45) is -18.7. The van der Waals surface area contributed by atoms with Crippen LogP contribution in [0.2, 0.25) is 10.0 Å². The number of phenolic OH excluding ortho intramolecular Hbond substituents is 3. The molecule has 103 heavy (non-hydrogen) atoms. The zero-order valence-corrected chi connectivity index (χ0v) is 56.7. The number of nitrogens with one attached hydrogen (secondary N) is 7. The molecule has 0 saturated carbocycles. The number of aliphatic hydroxyl groups excluding tert-OH is 5. The molecule has 7 aliphatic heterocycles. The summed E-state index contributed by atoms with van der Waals surface area (Å²) in [6, 6.07) is -0.810. The number of nitrogens with two attached hydrogens (primary N) is 2. The zero-order chi connectivity index (χ0) is 75.0. The lowest BCUT2D eigenvalue weighted by Crippen LogP contribution is -2.64. The number of nitrogens with zero attached hydrogens (tertiary/aromatic N) is 3. The average molecular weight is 1470 g/mol. The number of halogens is 2. The number of carbonyl (C=O) groups excluding carboxylic acids is 7. The summed E-state index contributed by atoms with van der Waals surface area (Å²) in [5.74, 6) is -16.1. The van der Waals surface area contributed by atoms with Gasteiger partial charge in [0.15, 0.2) is 29.9 Å². The molecule has 0 unspecified atom stereocenters. The standard InChI is InChI=1S/C66H74Cl2N12O23/c1-23(2)12-34(72-5)58(90)78-49-51(85)26-7-10-38(32(67)14-26)99-40-16-28-17-41(55(40)103-65-56(54(88)53(87)42(101-65)22-73-80-71)102-44-21-66(4,70)57(89)24(3)98-44)100-39-11-8-27(15-33(39)68)52(86)50-63(95)77-48(64(96)97)31-18-29(81)19-37(83)45(31)30-13-25(6-9-36(30)82)46(60(92)79-50)76-61(93)47(28)75-59(91)35(20-43(69)84)74-62(49)94/h6-11,13-19,23-24,34-35,42,44,46-54,56-57,65,72,81-83,85-89H,12,20-22,70H2,1-5H3,(H2,69,84)(H,74,94)(H,75,91)(H,76,93)(H,77,95)(H,78,90)(H,79,92)(H,96,97)/t24-,34+,35-,42+,44-,46+,47+,48-,49+,50-,51+,52+,53+,54-,56+,57+,65-,66-/m0/s1. The molecule has 7 aliphatic rings. The summed E-state index contributed by atoms with van der Waals surface area (Å²) in [6.45, 7) is 5.94. The summed E-state index contributed by atoms with van der Waals surface area (Å²) in [7, 11) is 1.47. The van der Waals surface area contributed by atoms with Crippen LogP contribution in [0, 0.1) is 5.92 Å². The molecule has 0 aromatic heterocycles. The third kappa shape index (κ3) is 16.3. The number of azide groups is 1. The molecule has 5 aromatic carbocycles. The van der Waals surface area contributed by atoms with Gasteiger partial charge in [0.05, 0.1) is 47.4 Å². The summed E-state index contributed by atoms with van der Waals surface area (Å²) in [4.78, 5) is 120. The van der Waals surface area contributed by atoms with Crippen LogP contribution in [0.3, 0.4) is 0 Å². The fraction of sp³-hybridized carbons (Fsp3) is 0.424. The number of benzene rings is 5. The average Bonchev–Trinajstić information content (AvgIpc) is 0.771. The molecule has 550 valence electrons. The lowest BCUT2D eigenvalue weighted by atomic mass is 9.86. The number of likely N-dealkylation sites (N-methyl/N-ethyl adjacent to an activating group) is 1. The molecule has 11 bridgehead atoms. The first-order valence-electron chi connectivity index (χ1n) is 32.0. The van der Waals surface area contributed by atoms with Crippen molar-refractivity contribution in [3.63, 3.8) is 0 Å². The number of fused-ring (bicyclic) bond motifs is 15. The number of aliphatic carboxylic acids is 1. The number of rotatable bonds is 14. The van der Waals surface area contributed by atoms with Crippen LogP contribution in [-0.4, -0.2) is 186 Å². The van der Waals surface area contributed by atoms with E-state index in [-0.39, 0.29) is 46.2 Å². The number of aromatic hydroxyl groups is 3. The topological polar surface area (TPSA) is 559 Å². The fourth-order valence-electron chi connectivity index (χ4n) is 12.6. The summed E-state index contributed by atoms with van der Waals surface area (Å²) in [5, 5.41) is 124. The number of carboxylic acid groups (broad SMARTS) is 1. The number of hydrogen-bond acceptors (Lipinski definition) is 25. The number of aliphatic hydroxyl groups is 5. The molecule has 12 rings (SSSR count). The predicted molar refractivity (Wildman–Crippen MR) is 356 cm³/mol. The highest BCUT2D eigenvalue weighted by atomic mass is 35.5. The Morgan fingerprint density at radius 2 is 1.36 bits per heavy atom. The Morgan fingerprint density at radius 1 is 0.748 bits per heavy atom. The van der Waals surface area contributed by atoms with Gasteiger partial charge in [0, 0.05) is 39.6 Å². The minimum Gasteiger partial charge on any atom is -0.508 e. The molecule has 2 fully saturated rings. The van der Waals surface area contributed by atoms with E-state index in [1.54, 1.807) is 0 Å². The maximum atomic E-state index is 16.1. The van der Waals surface area contributed by atoms with Crippen molar-refractivity contribution in [3.05, 3.63) is 127 Å². The number of carboxylic acids is 1. The monoisotopic (exact) mass is 1470 g/mol. The molecule has 0 spiro atoms. The fourth-order valence-corrected chi connectivity index (χ4v) is 13.1. The SMILES string of the molecule is CN[C@H](CC(C)C)C(=O)N[C@H]1C(=O)N[C@@H](CC(N)=O)C(=O)N[C@H]2C(=O)N[C@H]3C(=O)N[C@H](C(=O)N[C@H](C(=O)O)c4cc(O)cc(O)c4-c4cc3ccc4O)[C@H](O)c3ccc(c(Cl)c3)Oc3cc2cc(c3O[C@@H]2O[C@H](CN=[N+]=[N-])[C@@H](O)[C@H](O)[C@H]2O[C@H]2C[C@](C)(N)[C@H](O)[C@H](C)O2)Oc2ccc(cc2Cl)[C@H]1O. The van der Waals surface area contributed by atoms with Gasteiger partial charge < -0.3 is 123 Å². The highest BCUT2D eigenvalue weighted by Crippen LogP contribution is 2.50. The molecule has 35 nitrogen and oxygen atoms in total. The highest BCUT2D eigenvalue weighted by Gasteiger charge is 2.51. The van der Waals surface area contributed by atoms with Gasteiger partial charge in [-0.15, -0.1) is 0 Å². The molecule has 2 saturated heterocycles. The van der Waals surface area contributed by atoms with Gasteiger partial charge in [0.25, 0.3) is 0 Å². The minimum atomic E-state index is -2.36. The second kappa shape index (κ2) is 31.0. The van der Waals surface area contributed by atoms with Gasteiger partial charge in [-0.1, -0.05) is 60.4 Å². The van der Waals surface area contributed by atoms with Gasteiger partial charge in [0.2, 0.25) is 53.4 Å². The Kier molecular flexibility index (Phi) is 22.8. The van der Waals surface area contributed by atoms with Crippen molar-refractivity contribution >= 4 is 70.5 Å². The molecule has 5 aromatic rings. The van der Waals surface area contributed by atoms with E-state index in [1.807, 2.05) is 13.8 Å². The summed E-state index contributed by atoms with van der Waals surface area (Å²) >= 11 is 14.1. The van der Waals surface area contributed by atoms with E-state index in [4.69, 9.17) is 63.1 Å². The minimum absolute atomic E-state index is 0.103. The van der Waals surface area contributed by atoms with E-state index >= 15 is 14.4 Å². The Bertz CT molecular complexity index is 4220. The van der Waals surface area contributed by atoms with Crippen LogP contribution in [0.4, 0.5) is 0 Å². The largest absolute Gasteiger partial charge is 0.508 e. The van der Waals surface area contributed by atoms with Gasteiger partial charge in [-0.3, -0.25) is 33.6 Å². The van der Waals surface area contributed by atoms with E-state index in [9.17, 15) is 75.5 Å². The van der Waals surface area contributed by atoms with Crippen LogP contribution in [-0.2, 0) is 52.6 Å². The lowest BCUT2D eigenvalue weighted by molar-refractivity contribution is -0.330. The number of hydrogen-bond donors (Lipinski definition) is 18. The number of amides is 7. The van der Waals surface area contributed by atoms with Gasteiger partial charge in [0.1, 0.15) is 83.4 Å². The number of primary amides is 1. The molecule has 7 heterocycles. The Labute approximate surface area is 594 Å². The second-order valence-electron chi connectivity index (χ2n) is 25.9. The van der Waals surface area contributed by atoms with Crippen LogP contribution >= 0.6 is 23.2 Å². The Balaban J connectivity index is 1.25. The normalized spacial score (nSPS) is 29.0. The van der Waals surface area contributed by atoms with Gasteiger partial charge >= 0.3 is 5.97 Å². The van der Waals surface area contributed by atoms with Gasteiger partial charge in [-0.05, 0) is 116 Å². The van der Waals surface area contributed by atoms with Crippen molar-refractivity contribution < 1.29 is 113 Å². The lowest BCUT2D eigenvalue weighted by Gasteiger charge is -2.47. The molecule has 0 radical (unpaired) electrons. The number of carbonyl (C=O) groups is 8. The molecular weight excluding hydrogens is 1400 g/mol. The smallest absolute Gasteiger partial charge is 0.330 e. The van der Waals surface area contributed by atoms with Gasteiger partial charge in [-0.2, -0.15) is 0 Å². The van der Waals surface area contributed by atoms with E-state index < -0.39 is 237 Å². The van der Waals surface area contributed by atoms with Crippen molar-refractivity contribution in [2.24, 2.45) is 22.5 Å². The molecule has 20 N–H and O–H groups in total. The Hall–Kier alpha value is -9.85. The molecular formula is C66H74Cl2N12O23. The quantitative estimate of drug-likeness (QED) is 0.0425. The second-order valence-corrected chi connectivity index (χ2v) is 26.8. The highest BCUT2D eigenvalue weighted by molar-refractivity contribution is 6.32. The zero-order valence-electron chi connectivity index (χ0n) is 55.2. The predicted octanol–water partition coefficient (Wildman–Crippen LogP) is 1.42. The molecule has 0 aliphatic carbocycles. The van der Waals surface area contributed by atoms with E-state index in [2.05, 4.69) is 47.2 Å². The van der Waals surface area contributed by atoms with Crippen molar-refractivity contribution in [1.82, 2.24) is 37.2 Å². The first-order chi connectivity index (χ1) is 48.7. The van der Waals surface area contributed by atoms with Crippen molar-refractivity contribution in [2.45, 2.75) is 156 Å². The Morgan fingerprint density at radius 3 is 1.95 bits per heavy atom. The van der Waals surface area contributed by atoms with E-state index in [1.165, 1.54) is 33.0 Å². The van der Waals surface area contributed by atoms with E-state index in [0.717, 1.165) is 66.7 Å².